The molecular weight excluding hydrogens is 176 g/mol. The van der Waals surface area contributed by atoms with Gasteiger partial charge in [0.25, 0.3) is 0 Å². The summed E-state index contributed by atoms with van der Waals surface area (Å²) in [4.78, 5) is 0. The second-order valence-electron chi connectivity index (χ2n) is 3.94. The Hall–Kier alpha value is -1.06. The average Bonchev–Trinajstić information content (AvgIpc) is 2.15. The normalized spacial score (nSPS) is 15.5. The first-order valence-electron chi connectivity index (χ1n) is 4.82. The van der Waals surface area contributed by atoms with Crippen LogP contribution in [0, 0.1) is 5.92 Å². The van der Waals surface area contributed by atoms with Crippen molar-refractivity contribution in [3.8, 4) is 5.75 Å². The average molecular weight is 194 g/mol. The topological polar surface area (TPSA) is 72.3 Å². The van der Waals surface area contributed by atoms with E-state index in [4.69, 9.17) is 11.5 Å². The highest BCUT2D eigenvalue weighted by atomic mass is 16.3. The molecule has 0 saturated heterocycles. The van der Waals surface area contributed by atoms with Gasteiger partial charge in [-0.1, -0.05) is 26.0 Å². The number of nitrogens with two attached hydrogens (primary N) is 2. The molecule has 2 atom stereocenters. The molecule has 0 aliphatic heterocycles. The number of benzene rings is 1. The molecule has 0 spiro atoms. The predicted octanol–water partition coefficient (Wildman–Crippen LogP) is 1.38. The third kappa shape index (κ3) is 2.47. The van der Waals surface area contributed by atoms with Crippen molar-refractivity contribution in [2.24, 2.45) is 17.4 Å². The van der Waals surface area contributed by atoms with Gasteiger partial charge in [0.1, 0.15) is 5.75 Å². The molecule has 0 fully saturated rings. The van der Waals surface area contributed by atoms with E-state index in [0.717, 1.165) is 5.56 Å². The van der Waals surface area contributed by atoms with Gasteiger partial charge in [-0.15, -0.1) is 0 Å². The molecule has 1 aromatic rings. The van der Waals surface area contributed by atoms with E-state index >= 15 is 0 Å². The largest absolute Gasteiger partial charge is 0.508 e. The van der Waals surface area contributed by atoms with Crippen LogP contribution in [-0.4, -0.2) is 11.1 Å². The van der Waals surface area contributed by atoms with Crippen molar-refractivity contribution in [3.63, 3.8) is 0 Å². The summed E-state index contributed by atoms with van der Waals surface area (Å²) in [5.41, 5.74) is 12.8. The Labute approximate surface area is 84.7 Å². The van der Waals surface area contributed by atoms with Gasteiger partial charge in [0.2, 0.25) is 0 Å². The summed E-state index contributed by atoms with van der Waals surface area (Å²) >= 11 is 0. The highest BCUT2D eigenvalue weighted by Gasteiger charge is 2.18. The monoisotopic (exact) mass is 194 g/mol. The van der Waals surface area contributed by atoms with Gasteiger partial charge in [-0.05, 0) is 23.6 Å². The maximum Gasteiger partial charge on any atom is 0.115 e. The molecule has 5 N–H and O–H groups in total. The highest BCUT2D eigenvalue weighted by Crippen LogP contribution is 2.21. The fraction of sp³-hybridized carbons (Fsp3) is 0.455. The molecule has 0 radical (unpaired) electrons. The summed E-state index contributed by atoms with van der Waals surface area (Å²) in [5, 5.41) is 9.29. The van der Waals surface area contributed by atoms with Crippen LogP contribution in [0.25, 0.3) is 0 Å². The van der Waals surface area contributed by atoms with Crippen LogP contribution >= 0.6 is 0 Å². The molecule has 14 heavy (non-hydrogen) atoms. The Kier molecular flexibility index (Phi) is 3.49. The van der Waals surface area contributed by atoms with Crippen LogP contribution < -0.4 is 11.5 Å². The van der Waals surface area contributed by atoms with Gasteiger partial charge in [-0.3, -0.25) is 0 Å². The molecule has 0 amide bonds. The lowest BCUT2D eigenvalue weighted by atomic mass is 9.92. The smallest absolute Gasteiger partial charge is 0.115 e. The fourth-order valence-corrected chi connectivity index (χ4v) is 1.37. The zero-order valence-electron chi connectivity index (χ0n) is 8.64. The molecule has 0 aromatic heterocycles. The Morgan fingerprint density at radius 3 is 2.36 bits per heavy atom. The summed E-state index contributed by atoms with van der Waals surface area (Å²) in [5.74, 6) is 0.557. The van der Waals surface area contributed by atoms with E-state index in [9.17, 15) is 5.11 Å². The van der Waals surface area contributed by atoms with E-state index in [1.54, 1.807) is 18.2 Å². The molecule has 1 aromatic carbocycles. The van der Waals surface area contributed by atoms with Crippen molar-refractivity contribution in [1.82, 2.24) is 0 Å². The minimum Gasteiger partial charge on any atom is -0.508 e. The van der Waals surface area contributed by atoms with E-state index in [2.05, 4.69) is 0 Å². The third-order valence-electron chi connectivity index (χ3n) is 2.44. The van der Waals surface area contributed by atoms with E-state index in [-0.39, 0.29) is 17.8 Å². The van der Waals surface area contributed by atoms with Gasteiger partial charge in [0.15, 0.2) is 0 Å². The molecule has 0 aliphatic carbocycles. The highest BCUT2D eigenvalue weighted by molar-refractivity contribution is 5.30. The summed E-state index contributed by atoms with van der Waals surface area (Å²) in [6, 6.07) is 6.63. The summed E-state index contributed by atoms with van der Waals surface area (Å²) in [6.45, 7) is 4.07. The lowest BCUT2D eigenvalue weighted by molar-refractivity contribution is 0.420. The van der Waals surface area contributed by atoms with Gasteiger partial charge >= 0.3 is 0 Å². The van der Waals surface area contributed by atoms with Gasteiger partial charge < -0.3 is 16.6 Å². The van der Waals surface area contributed by atoms with Crippen LogP contribution in [0.3, 0.4) is 0 Å². The predicted molar refractivity (Wildman–Crippen MR) is 57.8 cm³/mol. The molecule has 0 aliphatic rings. The van der Waals surface area contributed by atoms with Crippen molar-refractivity contribution in [2.45, 2.75) is 25.9 Å². The number of hydrogen-bond acceptors (Lipinski definition) is 3. The molecule has 78 valence electrons. The zero-order chi connectivity index (χ0) is 10.7. The van der Waals surface area contributed by atoms with Gasteiger partial charge in [0.05, 0.1) is 0 Å². The van der Waals surface area contributed by atoms with Crippen molar-refractivity contribution < 1.29 is 5.11 Å². The first-order chi connectivity index (χ1) is 6.52. The number of hydrogen-bond donors (Lipinski definition) is 3. The number of rotatable bonds is 3. The molecule has 2 unspecified atom stereocenters. The Morgan fingerprint density at radius 1 is 1.21 bits per heavy atom. The standard InChI is InChI=1S/C11H18N2O/c1-7(2)10(12)11(13)8-4-3-5-9(14)6-8/h3-7,10-11,14H,12-13H2,1-2H3. The summed E-state index contributed by atoms with van der Waals surface area (Å²) < 4.78 is 0. The van der Waals surface area contributed by atoms with E-state index in [1.807, 2.05) is 19.9 Å². The van der Waals surface area contributed by atoms with Crippen LogP contribution in [0.1, 0.15) is 25.5 Å². The van der Waals surface area contributed by atoms with Crippen LogP contribution in [0.15, 0.2) is 24.3 Å². The maximum absolute atomic E-state index is 9.29. The maximum atomic E-state index is 9.29. The van der Waals surface area contributed by atoms with E-state index in [1.165, 1.54) is 0 Å². The first kappa shape index (κ1) is 11.0. The van der Waals surface area contributed by atoms with E-state index < -0.39 is 0 Å². The molecule has 1 rings (SSSR count). The van der Waals surface area contributed by atoms with Gasteiger partial charge in [-0.25, -0.2) is 0 Å². The molecule has 0 saturated carbocycles. The van der Waals surface area contributed by atoms with Crippen molar-refractivity contribution >= 4 is 0 Å². The Balaban J connectivity index is 2.83. The van der Waals surface area contributed by atoms with Crippen LogP contribution in [0.4, 0.5) is 0 Å². The summed E-state index contributed by atoms with van der Waals surface area (Å²) in [7, 11) is 0. The lowest BCUT2D eigenvalue weighted by Crippen LogP contribution is -2.38. The Morgan fingerprint density at radius 2 is 1.86 bits per heavy atom. The molecule has 0 bridgehead atoms. The van der Waals surface area contributed by atoms with Gasteiger partial charge in [0, 0.05) is 12.1 Å². The second kappa shape index (κ2) is 4.44. The number of phenolic OH excluding ortho intramolecular Hbond substituents is 1. The van der Waals surface area contributed by atoms with Gasteiger partial charge in [-0.2, -0.15) is 0 Å². The first-order valence-corrected chi connectivity index (χ1v) is 4.82. The van der Waals surface area contributed by atoms with Crippen LogP contribution in [0.2, 0.25) is 0 Å². The van der Waals surface area contributed by atoms with Crippen molar-refractivity contribution in [3.05, 3.63) is 29.8 Å². The second-order valence-corrected chi connectivity index (χ2v) is 3.94. The fourth-order valence-electron chi connectivity index (χ4n) is 1.37. The number of phenols is 1. The zero-order valence-corrected chi connectivity index (χ0v) is 8.64. The van der Waals surface area contributed by atoms with Crippen molar-refractivity contribution in [2.75, 3.05) is 0 Å². The minimum atomic E-state index is -0.220. The Bertz CT molecular complexity index is 299. The van der Waals surface area contributed by atoms with Crippen LogP contribution in [0.5, 0.6) is 5.75 Å². The molecule has 3 nitrogen and oxygen atoms in total. The third-order valence-corrected chi connectivity index (χ3v) is 2.44. The van der Waals surface area contributed by atoms with Crippen LogP contribution in [-0.2, 0) is 0 Å². The molecule has 3 heteroatoms. The minimum absolute atomic E-state index is 0.0863. The molecule has 0 heterocycles. The SMILES string of the molecule is CC(C)C(N)C(N)c1cccc(O)c1. The molecular formula is C11H18N2O. The van der Waals surface area contributed by atoms with E-state index in [0.29, 0.717) is 5.92 Å². The quantitative estimate of drug-likeness (QED) is 0.680. The summed E-state index contributed by atoms with van der Waals surface area (Å²) in [6.07, 6.45) is 0. The lowest BCUT2D eigenvalue weighted by Gasteiger charge is -2.23. The van der Waals surface area contributed by atoms with Crippen molar-refractivity contribution in [1.29, 1.82) is 0 Å². The number of aromatic hydroxyl groups is 1.